The molecule has 0 aromatic heterocycles. The number of carboxylic acid groups (broad SMARTS) is 2. The molecular weight excluding hydrogens is 440 g/mol. The quantitative estimate of drug-likeness (QED) is 0.186. The lowest BCUT2D eigenvalue weighted by atomic mass is 9.98. The van der Waals surface area contributed by atoms with Crippen LogP contribution in [0.4, 0.5) is 0 Å². The molecule has 5 atom stereocenters. The van der Waals surface area contributed by atoms with E-state index in [1.54, 1.807) is 13.8 Å². The van der Waals surface area contributed by atoms with Crippen LogP contribution in [0.2, 0.25) is 0 Å². The van der Waals surface area contributed by atoms with E-state index >= 15 is 0 Å². The van der Waals surface area contributed by atoms with Gasteiger partial charge in [-0.3, -0.25) is 19.2 Å². The summed E-state index contributed by atoms with van der Waals surface area (Å²) >= 11 is 1.48. The van der Waals surface area contributed by atoms with E-state index in [4.69, 9.17) is 15.9 Å². The highest BCUT2D eigenvalue weighted by Crippen LogP contribution is 2.09. The van der Waals surface area contributed by atoms with Crippen molar-refractivity contribution >= 4 is 41.4 Å². The predicted molar refractivity (Wildman–Crippen MR) is 121 cm³/mol. The largest absolute Gasteiger partial charge is 0.481 e. The van der Waals surface area contributed by atoms with Crippen LogP contribution in [0.3, 0.4) is 0 Å². The Morgan fingerprint density at radius 2 is 1.47 bits per heavy atom. The Balaban J connectivity index is 5.43. The minimum Gasteiger partial charge on any atom is -0.481 e. The summed E-state index contributed by atoms with van der Waals surface area (Å²) in [6.45, 7) is 7.02. The lowest BCUT2D eigenvalue weighted by Crippen LogP contribution is -2.59. The van der Waals surface area contributed by atoms with Crippen LogP contribution in [0, 0.1) is 11.8 Å². The van der Waals surface area contributed by atoms with Crippen molar-refractivity contribution in [1.29, 1.82) is 0 Å². The van der Waals surface area contributed by atoms with Crippen molar-refractivity contribution in [2.24, 2.45) is 17.6 Å². The predicted octanol–water partition coefficient (Wildman–Crippen LogP) is -0.217. The van der Waals surface area contributed by atoms with Gasteiger partial charge in [-0.05, 0) is 30.3 Å². The third-order valence-electron chi connectivity index (χ3n) is 5.04. The average molecular weight is 477 g/mol. The second kappa shape index (κ2) is 14.7. The summed E-state index contributed by atoms with van der Waals surface area (Å²) < 4.78 is 0. The van der Waals surface area contributed by atoms with Gasteiger partial charge in [0, 0.05) is 0 Å². The zero-order valence-electron chi connectivity index (χ0n) is 19.2. The molecule has 0 saturated carbocycles. The van der Waals surface area contributed by atoms with Crippen LogP contribution in [-0.4, -0.2) is 76.0 Å². The number of aliphatic carboxylic acids is 2. The molecule has 0 aliphatic heterocycles. The molecule has 0 saturated heterocycles. The van der Waals surface area contributed by atoms with Gasteiger partial charge in [-0.15, -0.1) is 0 Å². The number of hydrogen-bond donors (Lipinski definition) is 6. The van der Waals surface area contributed by atoms with E-state index in [0.29, 0.717) is 18.6 Å². The summed E-state index contributed by atoms with van der Waals surface area (Å²) in [6, 6.07) is -4.50. The van der Waals surface area contributed by atoms with Gasteiger partial charge in [-0.2, -0.15) is 11.8 Å². The van der Waals surface area contributed by atoms with Gasteiger partial charge in [-0.1, -0.05) is 34.1 Å². The van der Waals surface area contributed by atoms with Crippen LogP contribution in [-0.2, 0) is 24.0 Å². The molecule has 0 aliphatic carbocycles. The van der Waals surface area contributed by atoms with E-state index in [1.165, 1.54) is 11.8 Å². The molecule has 0 radical (unpaired) electrons. The van der Waals surface area contributed by atoms with Gasteiger partial charge in [0.05, 0.1) is 12.5 Å². The fourth-order valence-corrected chi connectivity index (χ4v) is 3.18. The number of carboxylic acids is 2. The second-order valence-electron chi connectivity index (χ2n) is 7.98. The van der Waals surface area contributed by atoms with Gasteiger partial charge in [0.25, 0.3) is 0 Å². The molecule has 184 valence electrons. The summed E-state index contributed by atoms with van der Waals surface area (Å²) in [5.41, 5.74) is 5.95. The van der Waals surface area contributed by atoms with E-state index in [-0.39, 0.29) is 5.92 Å². The first-order valence-electron chi connectivity index (χ1n) is 10.5. The maximum absolute atomic E-state index is 12.9. The average Bonchev–Trinajstić information content (AvgIpc) is 2.71. The van der Waals surface area contributed by atoms with Crippen molar-refractivity contribution in [3.63, 3.8) is 0 Å². The second-order valence-corrected chi connectivity index (χ2v) is 8.97. The maximum atomic E-state index is 12.9. The van der Waals surface area contributed by atoms with E-state index in [0.717, 1.165) is 0 Å². The molecule has 3 amide bonds. The number of thioether (sulfide) groups is 1. The van der Waals surface area contributed by atoms with Gasteiger partial charge >= 0.3 is 11.9 Å². The maximum Gasteiger partial charge on any atom is 0.326 e. The summed E-state index contributed by atoms with van der Waals surface area (Å²) in [5, 5.41) is 25.3. The molecule has 0 aromatic rings. The van der Waals surface area contributed by atoms with Gasteiger partial charge in [0.2, 0.25) is 17.7 Å². The van der Waals surface area contributed by atoms with Crippen molar-refractivity contribution < 1.29 is 34.2 Å². The highest BCUT2D eigenvalue weighted by molar-refractivity contribution is 7.98. The van der Waals surface area contributed by atoms with Crippen LogP contribution < -0.4 is 21.7 Å². The Bertz CT molecular complexity index is 674. The normalized spacial score (nSPS) is 15.7. The number of hydrogen-bond acceptors (Lipinski definition) is 7. The number of rotatable bonds is 15. The third kappa shape index (κ3) is 10.3. The van der Waals surface area contributed by atoms with E-state index in [9.17, 15) is 24.0 Å². The van der Waals surface area contributed by atoms with Gasteiger partial charge in [0.15, 0.2) is 0 Å². The molecule has 0 heterocycles. The highest BCUT2D eigenvalue weighted by atomic mass is 32.2. The Hall–Kier alpha value is -2.34. The first-order valence-corrected chi connectivity index (χ1v) is 11.8. The topological polar surface area (TPSA) is 188 Å². The van der Waals surface area contributed by atoms with Crippen molar-refractivity contribution in [3.8, 4) is 0 Å². The number of amides is 3. The Kier molecular flexibility index (Phi) is 13.6. The lowest BCUT2D eigenvalue weighted by Gasteiger charge is -2.27. The molecule has 32 heavy (non-hydrogen) atoms. The molecule has 12 heteroatoms. The highest BCUT2D eigenvalue weighted by Gasteiger charge is 2.32. The molecular formula is C20H36N4O7S. The fourth-order valence-electron chi connectivity index (χ4n) is 2.71. The molecule has 0 fully saturated rings. The van der Waals surface area contributed by atoms with Crippen LogP contribution in [0.5, 0.6) is 0 Å². The minimum atomic E-state index is -1.64. The smallest absolute Gasteiger partial charge is 0.326 e. The van der Waals surface area contributed by atoms with E-state index in [1.807, 2.05) is 20.1 Å². The van der Waals surface area contributed by atoms with Crippen molar-refractivity contribution in [2.45, 2.75) is 71.1 Å². The molecule has 0 spiro atoms. The number of nitrogens with two attached hydrogens (primary N) is 1. The summed E-state index contributed by atoms with van der Waals surface area (Å²) in [6.07, 6.45) is 2.03. The van der Waals surface area contributed by atoms with E-state index in [2.05, 4.69) is 16.0 Å². The Labute approximate surface area is 192 Å². The first kappa shape index (κ1) is 29.7. The van der Waals surface area contributed by atoms with Crippen LogP contribution in [0.15, 0.2) is 0 Å². The summed E-state index contributed by atoms with van der Waals surface area (Å²) in [5.74, 6) is -4.75. The van der Waals surface area contributed by atoms with Gasteiger partial charge in [0.1, 0.15) is 18.1 Å². The zero-order valence-corrected chi connectivity index (χ0v) is 20.0. The fraction of sp³-hybridized carbons (Fsp3) is 0.750. The van der Waals surface area contributed by atoms with Gasteiger partial charge in [-0.25, -0.2) is 4.79 Å². The molecule has 0 rings (SSSR count). The zero-order chi connectivity index (χ0) is 25.0. The molecule has 11 nitrogen and oxygen atoms in total. The van der Waals surface area contributed by atoms with Gasteiger partial charge < -0.3 is 31.9 Å². The number of carbonyl (C=O) groups is 5. The van der Waals surface area contributed by atoms with E-state index < -0.39 is 66.2 Å². The lowest BCUT2D eigenvalue weighted by molar-refractivity contribution is -0.147. The van der Waals surface area contributed by atoms with Crippen LogP contribution in [0.25, 0.3) is 0 Å². The summed E-state index contributed by atoms with van der Waals surface area (Å²) in [7, 11) is 0. The van der Waals surface area contributed by atoms with Crippen molar-refractivity contribution in [2.75, 3.05) is 12.0 Å². The minimum absolute atomic E-state index is 0.0874. The Morgan fingerprint density at radius 1 is 0.906 bits per heavy atom. The van der Waals surface area contributed by atoms with Crippen molar-refractivity contribution in [1.82, 2.24) is 16.0 Å². The molecule has 0 bridgehead atoms. The molecule has 0 aliphatic rings. The standard InChI is InChI=1S/C20H36N4O7S/c1-6-11(4)15(21)18(28)22-12(7-8-32-5)17(27)24-16(10(2)3)19(29)23-13(20(30)31)9-14(25)26/h10-13,15-16H,6-9,21H2,1-5H3,(H,22,28)(H,23,29)(H,24,27)(H,25,26)(H,30,31). The van der Waals surface area contributed by atoms with Crippen molar-refractivity contribution in [3.05, 3.63) is 0 Å². The van der Waals surface area contributed by atoms with Crippen LogP contribution >= 0.6 is 11.8 Å². The van der Waals surface area contributed by atoms with Crippen LogP contribution in [0.1, 0.15) is 47.0 Å². The first-order chi connectivity index (χ1) is 14.8. The summed E-state index contributed by atoms with van der Waals surface area (Å²) in [4.78, 5) is 60.1. The monoisotopic (exact) mass is 476 g/mol. The third-order valence-corrected chi connectivity index (χ3v) is 5.69. The molecule has 0 aromatic carbocycles. The SMILES string of the molecule is CCC(C)C(N)C(=O)NC(CCSC)C(=O)NC(C(=O)NC(CC(=O)O)C(=O)O)C(C)C. The Morgan fingerprint density at radius 3 is 1.91 bits per heavy atom. The molecule has 7 N–H and O–H groups in total. The number of carbonyl (C=O) groups excluding carboxylic acids is 3. The number of nitrogens with one attached hydrogen (secondary N) is 3. The molecule has 5 unspecified atom stereocenters.